The van der Waals surface area contributed by atoms with E-state index in [0.29, 0.717) is 11.8 Å². The third-order valence-electron chi connectivity index (χ3n) is 0.968. The first-order valence-corrected chi connectivity index (χ1v) is 4.13. The summed E-state index contributed by atoms with van der Waals surface area (Å²) >= 11 is 0.526. The average molecular weight is 228 g/mol. The third kappa shape index (κ3) is 2.91. The average Bonchev–Trinajstić information content (AvgIpc) is 2.47. The summed E-state index contributed by atoms with van der Waals surface area (Å²) in [5, 5.41) is 13.5. The van der Waals surface area contributed by atoms with Crippen LogP contribution in [0.5, 0.6) is 0 Å². The van der Waals surface area contributed by atoms with Crippen molar-refractivity contribution in [1.29, 1.82) is 0 Å². The number of halogens is 3. The van der Waals surface area contributed by atoms with Gasteiger partial charge in [-0.1, -0.05) is 11.8 Å². The molecule has 0 aliphatic rings. The largest absolute Gasteiger partial charge is 0.481 e. The second-order valence-corrected chi connectivity index (χ2v) is 2.98. The molecule has 78 valence electrons. The van der Waals surface area contributed by atoms with Crippen LogP contribution in [0.4, 0.5) is 13.2 Å². The number of rotatable bonds is 3. The topological polar surface area (TPSA) is 76.2 Å². The van der Waals surface area contributed by atoms with E-state index < -0.39 is 29.0 Å². The highest BCUT2D eigenvalue weighted by atomic mass is 32.2. The van der Waals surface area contributed by atoms with Crippen LogP contribution in [0.15, 0.2) is 9.64 Å². The number of thioether (sulfide) groups is 1. The van der Waals surface area contributed by atoms with Crippen LogP contribution in [0.3, 0.4) is 0 Å². The van der Waals surface area contributed by atoms with Gasteiger partial charge in [0.2, 0.25) is 0 Å². The van der Waals surface area contributed by atoms with Crippen LogP contribution in [0.25, 0.3) is 0 Å². The van der Waals surface area contributed by atoms with Crippen LogP contribution < -0.4 is 0 Å². The highest BCUT2D eigenvalue weighted by Crippen LogP contribution is 2.29. The van der Waals surface area contributed by atoms with Crippen LogP contribution >= 0.6 is 11.8 Å². The summed E-state index contributed by atoms with van der Waals surface area (Å²) in [6, 6.07) is 0. The summed E-state index contributed by atoms with van der Waals surface area (Å²) in [5.41, 5.74) is 0. The predicted molar refractivity (Wildman–Crippen MR) is 37.7 cm³/mol. The normalized spacial score (nSPS) is 11.6. The molecule has 0 radical (unpaired) electrons. The molecule has 0 aliphatic heterocycles. The lowest BCUT2D eigenvalue weighted by atomic mass is 10.7. The summed E-state index contributed by atoms with van der Waals surface area (Å²) in [5.74, 6) is -3.09. The fourth-order valence-electron chi connectivity index (χ4n) is 0.506. The molecule has 0 aromatic carbocycles. The molecule has 1 aromatic heterocycles. The SMILES string of the molecule is O=C(O)CSc1nnc(C(F)(F)F)o1. The van der Waals surface area contributed by atoms with Gasteiger partial charge in [-0.15, -0.1) is 10.2 Å². The monoisotopic (exact) mass is 228 g/mol. The highest BCUT2D eigenvalue weighted by Gasteiger charge is 2.38. The van der Waals surface area contributed by atoms with E-state index in [1.807, 2.05) is 0 Å². The number of aliphatic carboxylic acids is 1. The van der Waals surface area contributed by atoms with E-state index in [0.717, 1.165) is 0 Å². The molecule has 0 amide bonds. The molecule has 1 N–H and O–H groups in total. The van der Waals surface area contributed by atoms with Crippen molar-refractivity contribution in [2.45, 2.75) is 11.4 Å². The predicted octanol–water partition coefficient (Wildman–Crippen LogP) is 1.27. The smallest absolute Gasteiger partial charge is 0.470 e. The number of carboxylic acids is 1. The van der Waals surface area contributed by atoms with Gasteiger partial charge in [0.25, 0.3) is 5.22 Å². The van der Waals surface area contributed by atoms with E-state index in [4.69, 9.17) is 5.11 Å². The first-order valence-electron chi connectivity index (χ1n) is 3.15. The van der Waals surface area contributed by atoms with Crippen molar-refractivity contribution >= 4 is 17.7 Å². The maximum absolute atomic E-state index is 11.9. The van der Waals surface area contributed by atoms with Crippen LogP contribution in [0, 0.1) is 0 Å². The summed E-state index contributed by atoms with van der Waals surface area (Å²) in [6.07, 6.45) is -4.70. The molecular weight excluding hydrogens is 225 g/mol. The van der Waals surface area contributed by atoms with Gasteiger partial charge in [0.1, 0.15) is 5.75 Å². The minimum atomic E-state index is -4.70. The number of aromatic nitrogens is 2. The quantitative estimate of drug-likeness (QED) is 0.785. The summed E-state index contributed by atoms with van der Waals surface area (Å²) in [7, 11) is 0. The maximum atomic E-state index is 11.9. The van der Waals surface area contributed by atoms with Crippen molar-refractivity contribution in [3.8, 4) is 0 Å². The fourth-order valence-corrected chi connectivity index (χ4v) is 0.989. The molecule has 1 heterocycles. The zero-order chi connectivity index (χ0) is 10.8. The molecule has 0 unspecified atom stereocenters. The minimum Gasteiger partial charge on any atom is -0.481 e. The van der Waals surface area contributed by atoms with Crippen molar-refractivity contribution < 1.29 is 27.5 Å². The van der Waals surface area contributed by atoms with Gasteiger partial charge >= 0.3 is 18.0 Å². The Balaban J connectivity index is 2.64. The second kappa shape index (κ2) is 3.86. The van der Waals surface area contributed by atoms with E-state index in [2.05, 4.69) is 14.6 Å². The van der Waals surface area contributed by atoms with Gasteiger partial charge in [0.15, 0.2) is 0 Å². The zero-order valence-corrected chi connectivity index (χ0v) is 7.22. The van der Waals surface area contributed by atoms with Crippen molar-refractivity contribution in [2.75, 3.05) is 5.75 Å². The highest BCUT2D eigenvalue weighted by molar-refractivity contribution is 7.99. The third-order valence-corrected chi connectivity index (χ3v) is 1.77. The van der Waals surface area contributed by atoms with E-state index >= 15 is 0 Å². The Morgan fingerprint density at radius 1 is 1.50 bits per heavy atom. The molecule has 0 spiro atoms. The van der Waals surface area contributed by atoms with Crippen molar-refractivity contribution in [3.63, 3.8) is 0 Å². The Hall–Kier alpha value is -1.25. The Bertz CT molecular complexity index is 337. The molecular formula is C5H3F3N2O3S. The molecule has 0 bridgehead atoms. The number of nitrogens with zero attached hydrogens (tertiary/aromatic N) is 2. The van der Waals surface area contributed by atoms with Gasteiger partial charge in [-0.2, -0.15) is 13.2 Å². The molecule has 0 fully saturated rings. The molecule has 1 aromatic rings. The van der Waals surface area contributed by atoms with Gasteiger partial charge in [0.05, 0.1) is 0 Å². The van der Waals surface area contributed by atoms with E-state index in [1.165, 1.54) is 0 Å². The van der Waals surface area contributed by atoms with Crippen LogP contribution in [0.2, 0.25) is 0 Å². The van der Waals surface area contributed by atoms with E-state index in [-0.39, 0.29) is 0 Å². The fraction of sp³-hybridized carbons (Fsp3) is 0.400. The van der Waals surface area contributed by atoms with Gasteiger partial charge in [-0.05, 0) is 0 Å². The van der Waals surface area contributed by atoms with Gasteiger partial charge < -0.3 is 9.52 Å². The lowest BCUT2D eigenvalue weighted by molar-refractivity contribution is -0.158. The molecule has 1 rings (SSSR count). The number of hydrogen-bond acceptors (Lipinski definition) is 5. The van der Waals surface area contributed by atoms with Gasteiger partial charge in [-0.3, -0.25) is 4.79 Å². The number of hydrogen-bond donors (Lipinski definition) is 1. The van der Waals surface area contributed by atoms with Crippen molar-refractivity contribution in [3.05, 3.63) is 5.89 Å². The zero-order valence-electron chi connectivity index (χ0n) is 6.41. The number of carboxylic acid groups (broad SMARTS) is 1. The Morgan fingerprint density at radius 2 is 2.14 bits per heavy atom. The molecule has 0 aliphatic carbocycles. The Labute approximate surface area is 79.3 Å². The maximum Gasteiger partial charge on any atom is 0.470 e. The van der Waals surface area contributed by atoms with E-state index in [1.54, 1.807) is 0 Å². The lowest BCUT2D eigenvalue weighted by Gasteiger charge is -1.96. The first-order chi connectivity index (χ1) is 6.39. The molecule has 0 atom stereocenters. The Kier molecular flexibility index (Phi) is 2.99. The number of alkyl halides is 3. The number of carbonyl (C=O) groups is 1. The molecule has 5 nitrogen and oxygen atoms in total. The van der Waals surface area contributed by atoms with Crippen LogP contribution in [-0.4, -0.2) is 27.0 Å². The minimum absolute atomic E-state index is 0.417. The molecule has 9 heteroatoms. The van der Waals surface area contributed by atoms with Crippen molar-refractivity contribution in [2.24, 2.45) is 0 Å². The summed E-state index contributed by atoms with van der Waals surface area (Å²) in [4.78, 5) is 10.0. The molecule has 0 saturated heterocycles. The van der Waals surface area contributed by atoms with Gasteiger partial charge in [0, 0.05) is 0 Å². The lowest BCUT2D eigenvalue weighted by Crippen LogP contribution is -2.04. The van der Waals surface area contributed by atoms with Crippen LogP contribution in [0.1, 0.15) is 5.89 Å². The van der Waals surface area contributed by atoms with E-state index in [9.17, 15) is 18.0 Å². The van der Waals surface area contributed by atoms with Crippen molar-refractivity contribution in [1.82, 2.24) is 10.2 Å². The standard InChI is InChI=1S/C5H3F3N2O3S/c6-5(7,8)3-9-10-4(13-3)14-1-2(11)12/h1H2,(H,11,12). The van der Waals surface area contributed by atoms with Gasteiger partial charge in [-0.25, -0.2) is 0 Å². The summed E-state index contributed by atoms with van der Waals surface area (Å²) < 4.78 is 39.8. The van der Waals surface area contributed by atoms with Crippen LogP contribution in [-0.2, 0) is 11.0 Å². The summed E-state index contributed by atoms with van der Waals surface area (Å²) in [6.45, 7) is 0. The Morgan fingerprint density at radius 3 is 2.57 bits per heavy atom. The first kappa shape index (κ1) is 10.8. The molecule has 0 saturated carbocycles. The second-order valence-electron chi connectivity index (χ2n) is 2.05. The molecule has 14 heavy (non-hydrogen) atoms.